The molecule has 7 nitrogen and oxygen atoms in total. The number of benzene rings is 1. The van der Waals surface area contributed by atoms with Gasteiger partial charge in [0.2, 0.25) is 0 Å². The SMILES string of the molecule is O=C(/C=C/c1nc2ccccc2s1)OCc1nnc(-c2ccco2)o1. The molecule has 0 saturated heterocycles. The molecule has 0 aliphatic rings. The summed E-state index contributed by atoms with van der Waals surface area (Å²) in [5.41, 5.74) is 0.900. The summed E-state index contributed by atoms with van der Waals surface area (Å²) in [7, 11) is 0. The molecule has 0 atom stereocenters. The Kier molecular flexibility index (Phi) is 4.09. The number of carbonyl (C=O) groups excluding carboxylic acids is 1. The number of aromatic nitrogens is 3. The first-order valence-electron chi connectivity index (χ1n) is 7.34. The number of para-hydroxylation sites is 1. The molecule has 0 bridgehead atoms. The molecule has 0 spiro atoms. The summed E-state index contributed by atoms with van der Waals surface area (Å²) < 4.78 is 16.6. The number of hydrogen-bond donors (Lipinski definition) is 0. The highest BCUT2D eigenvalue weighted by molar-refractivity contribution is 7.19. The van der Waals surface area contributed by atoms with Crippen molar-refractivity contribution in [3.8, 4) is 11.7 Å². The van der Waals surface area contributed by atoms with E-state index in [-0.39, 0.29) is 18.4 Å². The molecule has 0 unspecified atom stereocenters. The monoisotopic (exact) mass is 353 g/mol. The number of ether oxygens (including phenoxy) is 1. The lowest BCUT2D eigenvalue weighted by Crippen LogP contribution is -2.00. The van der Waals surface area contributed by atoms with Crippen LogP contribution in [-0.2, 0) is 16.1 Å². The predicted molar refractivity (Wildman–Crippen MR) is 90.5 cm³/mol. The number of furan rings is 1. The summed E-state index contributed by atoms with van der Waals surface area (Å²) in [6.45, 7) is -0.114. The van der Waals surface area contributed by atoms with E-state index >= 15 is 0 Å². The van der Waals surface area contributed by atoms with Crippen LogP contribution in [0.5, 0.6) is 0 Å². The first kappa shape index (κ1) is 15.3. The number of fused-ring (bicyclic) bond motifs is 1. The van der Waals surface area contributed by atoms with Crippen molar-refractivity contribution < 1.29 is 18.4 Å². The summed E-state index contributed by atoms with van der Waals surface area (Å²) >= 11 is 1.50. The number of nitrogens with zero attached hydrogens (tertiary/aromatic N) is 3. The molecule has 3 heterocycles. The fourth-order valence-corrected chi connectivity index (χ4v) is 2.96. The van der Waals surface area contributed by atoms with E-state index in [2.05, 4.69) is 15.2 Å². The minimum atomic E-state index is -0.517. The molecule has 0 aliphatic heterocycles. The van der Waals surface area contributed by atoms with Gasteiger partial charge in [0.05, 0.1) is 16.5 Å². The fraction of sp³-hybridized carbons (Fsp3) is 0.0588. The Morgan fingerprint density at radius 1 is 1.20 bits per heavy atom. The average molecular weight is 353 g/mol. The molecule has 124 valence electrons. The van der Waals surface area contributed by atoms with Gasteiger partial charge < -0.3 is 13.6 Å². The van der Waals surface area contributed by atoms with Crippen LogP contribution in [0, 0.1) is 0 Å². The van der Waals surface area contributed by atoms with E-state index < -0.39 is 5.97 Å². The summed E-state index contributed by atoms with van der Waals surface area (Å²) in [5, 5.41) is 8.36. The molecule has 8 heteroatoms. The van der Waals surface area contributed by atoms with Crippen LogP contribution in [0.2, 0.25) is 0 Å². The van der Waals surface area contributed by atoms with Gasteiger partial charge in [-0.05, 0) is 30.3 Å². The molecule has 0 aliphatic carbocycles. The second-order valence-electron chi connectivity index (χ2n) is 4.94. The van der Waals surface area contributed by atoms with Gasteiger partial charge in [-0.1, -0.05) is 12.1 Å². The van der Waals surface area contributed by atoms with Crippen LogP contribution in [0.15, 0.2) is 57.6 Å². The zero-order chi connectivity index (χ0) is 17.1. The zero-order valence-electron chi connectivity index (χ0n) is 12.8. The van der Waals surface area contributed by atoms with Crippen molar-refractivity contribution in [1.82, 2.24) is 15.2 Å². The predicted octanol–water partition coefficient (Wildman–Crippen LogP) is 3.70. The molecule has 4 aromatic rings. The van der Waals surface area contributed by atoms with Gasteiger partial charge in [0.25, 0.3) is 11.8 Å². The lowest BCUT2D eigenvalue weighted by atomic mass is 10.3. The molecule has 4 rings (SSSR count). The van der Waals surface area contributed by atoms with E-state index in [0.717, 1.165) is 15.2 Å². The number of rotatable bonds is 5. The van der Waals surface area contributed by atoms with E-state index in [1.165, 1.54) is 23.7 Å². The average Bonchev–Trinajstić information content (AvgIpc) is 3.37. The molecule has 3 aromatic heterocycles. The highest BCUT2D eigenvalue weighted by Crippen LogP contribution is 2.22. The van der Waals surface area contributed by atoms with Gasteiger partial charge in [-0.2, -0.15) is 0 Å². The fourth-order valence-electron chi connectivity index (χ4n) is 2.09. The van der Waals surface area contributed by atoms with E-state index in [0.29, 0.717) is 5.76 Å². The normalized spacial score (nSPS) is 11.4. The highest BCUT2D eigenvalue weighted by atomic mass is 32.1. The van der Waals surface area contributed by atoms with Crippen molar-refractivity contribution >= 4 is 33.6 Å². The molecule has 25 heavy (non-hydrogen) atoms. The second-order valence-corrected chi connectivity index (χ2v) is 6.00. The second kappa shape index (κ2) is 6.70. The van der Waals surface area contributed by atoms with Gasteiger partial charge in [0, 0.05) is 6.08 Å². The number of thiazole rings is 1. The Morgan fingerprint density at radius 2 is 2.12 bits per heavy atom. The molecule has 0 fully saturated rings. The first-order chi connectivity index (χ1) is 12.3. The van der Waals surface area contributed by atoms with Gasteiger partial charge >= 0.3 is 5.97 Å². The Balaban J connectivity index is 1.36. The standard InChI is InChI=1S/C17H11N3O4S/c21-16(8-7-15-18-11-4-1-2-6-13(11)25-15)23-10-14-19-20-17(24-14)12-5-3-9-22-12/h1-9H,10H2/b8-7+. The maximum Gasteiger partial charge on any atom is 0.331 e. The van der Waals surface area contributed by atoms with E-state index in [1.54, 1.807) is 18.2 Å². The van der Waals surface area contributed by atoms with E-state index in [4.69, 9.17) is 13.6 Å². The lowest BCUT2D eigenvalue weighted by Gasteiger charge is -1.96. The third-order valence-corrected chi connectivity index (χ3v) is 4.21. The molecule has 0 amide bonds. The van der Waals surface area contributed by atoms with Crippen LogP contribution in [0.1, 0.15) is 10.9 Å². The smallest absolute Gasteiger partial charge is 0.331 e. The van der Waals surface area contributed by atoms with Gasteiger partial charge in [0.15, 0.2) is 12.4 Å². The van der Waals surface area contributed by atoms with Crippen LogP contribution in [0.3, 0.4) is 0 Å². The maximum absolute atomic E-state index is 11.8. The minimum absolute atomic E-state index is 0.114. The summed E-state index contributed by atoms with van der Waals surface area (Å²) in [6, 6.07) is 11.2. The van der Waals surface area contributed by atoms with Crippen LogP contribution < -0.4 is 0 Å². The van der Waals surface area contributed by atoms with Gasteiger partial charge in [-0.15, -0.1) is 21.5 Å². The van der Waals surface area contributed by atoms with Crippen molar-refractivity contribution in [1.29, 1.82) is 0 Å². The van der Waals surface area contributed by atoms with Crippen LogP contribution in [0.4, 0.5) is 0 Å². The first-order valence-corrected chi connectivity index (χ1v) is 8.16. The Bertz CT molecular complexity index is 1000. The van der Waals surface area contributed by atoms with Crippen LogP contribution in [-0.4, -0.2) is 21.2 Å². The summed E-state index contributed by atoms with van der Waals surface area (Å²) in [4.78, 5) is 16.2. The molecule has 0 saturated carbocycles. The molecule has 0 radical (unpaired) electrons. The quantitative estimate of drug-likeness (QED) is 0.399. The Morgan fingerprint density at radius 3 is 2.96 bits per heavy atom. The summed E-state index contributed by atoms with van der Waals surface area (Å²) in [5.74, 6) is 0.368. The molecular formula is C17H11N3O4S. The Labute approximate surface area is 145 Å². The van der Waals surface area contributed by atoms with Crippen LogP contribution >= 0.6 is 11.3 Å². The van der Waals surface area contributed by atoms with Gasteiger partial charge in [-0.3, -0.25) is 0 Å². The number of carbonyl (C=O) groups is 1. The Hall–Kier alpha value is -3.26. The topological polar surface area (TPSA) is 91.2 Å². The zero-order valence-corrected chi connectivity index (χ0v) is 13.6. The lowest BCUT2D eigenvalue weighted by molar-refractivity contribution is -0.139. The van der Waals surface area contributed by atoms with E-state index in [9.17, 15) is 4.79 Å². The number of esters is 1. The third-order valence-electron chi connectivity index (χ3n) is 3.21. The number of hydrogen-bond acceptors (Lipinski definition) is 8. The van der Waals surface area contributed by atoms with E-state index in [1.807, 2.05) is 24.3 Å². The van der Waals surface area contributed by atoms with Crippen molar-refractivity contribution in [3.05, 3.63) is 59.6 Å². The summed E-state index contributed by atoms with van der Waals surface area (Å²) in [6.07, 6.45) is 4.45. The third kappa shape index (κ3) is 3.48. The van der Waals surface area contributed by atoms with Crippen molar-refractivity contribution in [2.75, 3.05) is 0 Å². The highest BCUT2D eigenvalue weighted by Gasteiger charge is 2.12. The molecule has 0 N–H and O–H groups in total. The van der Waals surface area contributed by atoms with Crippen molar-refractivity contribution in [2.45, 2.75) is 6.61 Å². The largest absolute Gasteiger partial charge is 0.459 e. The van der Waals surface area contributed by atoms with Crippen molar-refractivity contribution in [3.63, 3.8) is 0 Å². The van der Waals surface area contributed by atoms with Crippen molar-refractivity contribution in [2.24, 2.45) is 0 Å². The van der Waals surface area contributed by atoms with Gasteiger partial charge in [0.1, 0.15) is 5.01 Å². The molecule has 1 aromatic carbocycles. The van der Waals surface area contributed by atoms with Crippen LogP contribution in [0.25, 0.3) is 27.9 Å². The minimum Gasteiger partial charge on any atom is -0.459 e. The van der Waals surface area contributed by atoms with Gasteiger partial charge in [-0.25, -0.2) is 9.78 Å². The maximum atomic E-state index is 11.8. The molecular weight excluding hydrogens is 342 g/mol.